The molecule has 1 atom stereocenters. The van der Waals surface area contributed by atoms with E-state index in [9.17, 15) is 14.0 Å². The van der Waals surface area contributed by atoms with E-state index in [-0.39, 0.29) is 30.1 Å². The predicted octanol–water partition coefficient (Wildman–Crippen LogP) is 3.80. The van der Waals surface area contributed by atoms with Crippen molar-refractivity contribution >= 4 is 17.5 Å². The minimum absolute atomic E-state index is 0.0230. The number of hydrogen-bond donors (Lipinski definition) is 0. The third-order valence-electron chi connectivity index (χ3n) is 6.80. The topological polar surface area (TPSA) is 80.7 Å². The summed E-state index contributed by atoms with van der Waals surface area (Å²) in [5.41, 5.74) is 2.15. The van der Waals surface area contributed by atoms with Gasteiger partial charge in [-0.3, -0.25) is 9.59 Å². The zero-order chi connectivity index (χ0) is 25.7. The molecule has 2 aromatic rings. The van der Waals surface area contributed by atoms with Gasteiger partial charge in [0.15, 0.2) is 0 Å². The van der Waals surface area contributed by atoms with Crippen LogP contribution < -0.4 is 9.47 Å². The zero-order valence-corrected chi connectivity index (χ0v) is 20.9. The highest BCUT2D eigenvalue weighted by Gasteiger charge is 2.37. The van der Waals surface area contributed by atoms with Gasteiger partial charge in [-0.1, -0.05) is 18.6 Å². The molecule has 0 spiro atoms. The van der Waals surface area contributed by atoms with E-state index in [1.54, 1.807) is 44.4 Å². The first-order valence-electron chi connectivity index (χ1n) is 12.1. The average molecular weight is 498 g/mol. The Bertz CT molecular complexity index is 1120. The molecule has 1 heterocycles. The van der Waals surface area contributed by atoms with Gasteiger partial charge in [0.25, 0.3) is 5.91 Å². The fourth-order valence-corrected chi connectivity index (χ4v) is 4.50. The number of benzene rings is 2. The average Bonchev–Trinajstić information content (AvgIpc) is 3.30. The van der Waals surface area contributed by atoms with Crippen molar-refractivity contribution in [3.8, 4) is 11.5 Å². The Morgan fingerprint density at radius 3 is 2.44 bits per heavy atom. The van der Waals surface area contributed by atoms with Crippen molar-refractivity contribution in [2.75, 3.05) is 41.0 Å². The molecule has 2 aliphatic rings. The van der Waals surface area contributed by atoms with Crippen molar-refractivity contribution in [1.29, 1.82) is 0 Å². The highest BCUT2D eigenvalue weighted by molar-refractivity contribution is 6.05. The minimum atomic E-state index is -0.442. The lowest BCUT2D eigenvalue weighted by Crippen LogP contribution is -2.46. The van der Waals surface area contributed by atoms with Crippen LogP contribution in [0.1, 0.15) is 42.9 Å². The molecule has 2 amide bonds. The lowest BCUT2D eigenvalue weighted by atomic mass is 9.84. The molecule has 1 aliphatic carbocycles. The maximum absolute atomic E-state index is 13.6. The summed E-state index contributed by atoms with van der Waals surface area (Å²) >= 11 is 0. The summed E-state index contributed by atoms with van der Waals surface area (Å²) < 4.78 is 29.7. The standard InChI is InChI=1S/C27H32FN3O5/c1-34-14-13-30(27(33)19-5-4-6-19)17-26(32)31-24(18-7-9-20(28)10-8-18)16-23(29-31)22-12-11-21(35-2)15-25(22)36-3/h7-12,15,19,24H,4-6,13-14,16-17H2,1-3H3. The van der Waals surface area contributed by atoms with E-state index >= 15 is 0 Å². The molecule has 0 saturated heterocycles. The minimum Gasteiger partial charge on any atom is -0.497 e. The molecule has 0 N–H and O–H groups in total. The molecule has 1 aliphatic heterocycles. The van der Waals surface area contributed by atoms with E-state index in [1.807, 2.05) is 12.1 Å². The normalized spacial score (nSPS) is 17.4. The Morgan fingerprint density at radius 2 is 1.83 bits per heavy atom. The van der Waals surface area contributed by atoms with Crippen LogP contribution in [-0.4, -0.2) is 68.5 Å². The van der Waals surface area contributed by atoms with Gasteiger partial charge in [0, 0.05) is 37.6 Å². The van der Waals surface area contributed by atoms with Gasteiger partial charge in [-0.2, -0.15) is 5.10 Å². The molecule has 2 aromatic carbocycles. The smallest absolute Gasteiger partial charge is 0.262 e. The summed E-state index contributed by atoms with van der Waals surface area (Å²) in [5, 5.41) is 6.11. The van der Waals surface area contributed by atoms with Crippen LogP contribution in [0.15, 0.2) is 47.6 Å². The first-order chi connectivity index (χ1) is 17.4. The molecule has 0 radical (unpaired) electrons. The molecule has 1 unspecified atom stereocenters. The number of rotatable bonds is 10. The maximum Gasteiger partial charge on any atom is 0.262 e. The van der Waals surface area contributed by atoms with Crippen LogP contribution in [0.25, 0.3) is 0 Å². The fraction of sp³-hybridized carbons (Fsp3) is 0.444. The number of amides is 2. The van der Waals surface area contributed by atoms with Crippen molar-refractivity contribution in [1.82, 2.24) is 9.91 Å². The molecule has 192 valence electrons. The predicted molar refractivity (Wildman–Crippen MR) is 132 cm³/mol. The van der Waals surface area contributed by atoms with Gasteiger partial charge in [-0.25, -0.2) is 9.40 Å². The molecule has 1 saturated carbocycles. The third-order valence-corrected chi connectivity index (χ3v) is 6.80. The lowest BCUT2D eigenvalue weighted by Gasteiger charge is -2.32. The highest BCUT2D eigenvalue weighted by Crippen LogP contribution is 2.36. The van der Waals surface area contributed by atoms with Gasteiger partial charge in [0.05, 0.1) is 32.6 Å². The zero-order valence-electron chi connectivity index (χ0n) is 20.9. The van der Waals surface area contributed by atoms with Crippen molar-refractivity contribution in [2.24, 2.45) is 11.0 Å². The third kappa shape index (κ3) is 5.51. The number of methoxy groups -OCH3 is 3. The molecular weight excluding hydrogens is 465 g/mol. The largest absolute Gasteiger partial charge is 0.497 e. The Balaban J connectivity index is 1.64. The van der Waals surface area contributed by atoms with E-state index in [0.717, 1.165) is 30.4 Å². The number of carbonyl (C=O) groups excluding carboxylic acids is 2. The summed E-state index contributed by atoms with van der Waals surface area (Å²) in [7, 11) is 4.71. The molecule has 36 heavy (non-hydrogen) atoms. The highest BCUT2D eigenvalue weighted by atomic mass is 19.1. The maximum atomic E-state index is 13.6. The molecule has 0 aromatic heterocycles. The van der Waals surface area contributed by atoms with E-state index in [1.165, 1.54) is 17.1 Å². The Hall–Kier alpha value is -3.46. The van der Waals surface area contributed by atoms with Crippen LogP contribution in [0.5, 0.6) is 11.5 Å². The van der Waals surface area contributed by atoms with Gasteiger partial charge in [0.1, 0.15) is 23.9 Å². The van der Waals surface area contributed by atoms with Crippen molar-refractivity contribution < 1.29 is 28.2 Å². The second-order valence-electron chi connectivity index (χ2n) is 9.00. The molecule has 1 fully saturated rings. The Labute approximate surface area is 210 Å². The molecular formula is C27H32FN3O5. The quantitative estimate of drug-likeness (QED) is 0.499. The number of nitrogens with zero attached hydrogens (tertiary/aromatic N) is 3. The van der Waals surface area contributed by atoms with Crippen molar-refractivity contribution in [3.63, 3.8) is 0 Å². The SMILES string of the molecule is COCCN(CC(=O)N1N=C(c2ccc(OC)cc2OC)CC1c1ccc(F)cc1)C(=O)C1CCC1. The van der Waals surface area contributed by atoms with Crippen LogP contribution in [0.3, 0.4) is 0 Å². The second-order valence-corrected chi connectivity index (χ2v) is 9.00. The van der Waals surface area contributed by atoms with Crippen LogP contribution in [0, 0.1) is 11.7 Å². The number of hydrogen-bond acceptors (Lipinski definition) is 6. The summed E-state index contributed by atoms with van der Waals surface area (Å²) in [4.78, 5) is 28.2. The van der Waals surface area contributed by atoms with Gasteiger partial charge in [-0.15, -0.1) is 0 Å². The number of halogens is 1. The fourth-order valence-electron chi connectivity index (χ4n) is 4.50. The van der Waals surface area contributed by atoms with Gasteiger partial charge < -0.3 is 19.1 Å². The Kier molecular flexibility index (Phi) is 8.20. The number of ether oxygens (including phenoxy) is 3. The van der Waals surface area contributed by atoms with E-state index in [2.05, 4.69) is 0 Å². The summed E-state index contributed by atoms with van der Waals surface area (Å²) in [6.07, 6.45) is 3.13. The van der Waals surface area contributed by atoms with Crippen LogP contribution in [0.4, 0.5) is 4.39 Å². The molecule has 4 rings (SSSR count). The Morgan fingerprint density at radius 1 is 1.08 bits per heavy atom. The van der Waals surface area contributed by atoms with Gasteiger partial charge >= 0.3 is 0 Å². The van der Waals surface area contributed by atoms with Crippen molar-refractivity contribution in [3.05, 3.63) is 59.4 Å². The van der Waals surface area contributed by atoms with E-state index in [0.29, 0.717) is 36.8 Å². The number of carbonyl (C=O) groups is 2. The van der Waals surface area contributed by atoms with Crippen LogP contribution >= 0.6 is 0 Å². The second kappa shape index (κ2) is 11.5. The summed E-state index contributed by atoms with van der Waals surface area (Å²) in [6.45, 7) is 0.563. The summed E-state index contributed by atoms with van der Waals surface area (Å²) in [6, 6.07) is 11.0. The molecule has 0 bridgehead atoms. The van der Waals surface area contributed by atoms with Crippen LogP contribution in [0.2, 0.25) is 0 Å². The monoisotopic (exact) mass is 497 g/mol. The van der Waals surface area contributed by atoms with E-state index < -0.39 is 6.04 Å². The van der Waals surface area contributed by atoms with Gasteiger partial charge in [-0.05, 0) is 42.7 Å². The van der Waals surface area contributed by atoms with E-state index in [4.69, 9.17) is 19.3 Å². The molecule has 9 heteroatoms. The number of hydrazone groups is 1. The lowest BCUT2D eigenvalue weighted by molar-refractivity contribution is -0.146. The van der Waals surface area contributed by atoms with Crippen molar-refractivity contribution in [2.45, 2.75) is 31.7 Å². The van der Waals surface area contributed by atoms with Gasteiger partial charge in [0.2, 0.25) is 5.91 Å². The van der Waals surface area contributed by atoms with Crippen LogP contribution in [-0.2, 0) is 14.3 Å². The first kappa shape index (κ1) is 25.6. The molecule has 8 nitrogen and oxygen atoms in total. The summed E-state index contributed by atoms with van der Waals surface area (Å²) in [5.74, 6) is 0.483. The first-order valence-corrected chi connectivity index (χ1v) is 12.1.